The van der Waals surface area contributed by atoms with E-state index in [1.807, 2.05) is 58.0 Å². The van der Waals surface area contributed by atoms with E-state index < -0.39 is 0 Å². The maximum Gasteiger partial charge on any atom is 0.346 e. The largest absolute Gasteiger partial charge is 0.346 e. The molecule has 0 spiro atoms. The van der Waals surface area contributed by atoms with E-state index >= 15 is 0 Å². The summed E-state index contributed by atoms with van der Waals surface area (Å²) < 4.78 is 3.26. The molecular weight excluding hydrogens is 226 g/mol. The summed E-state index contributed by atoms with van der Waals surface area (Å²) in [6.45, 7) is 8.53. The average Bonchev–Trinajstić information content (AvgIpc) is 2.67. The van der Waals surface area contributed by atoms with Gasteiger partial charge < -0.3 is 0 Å². The molecule has 0 bridgehead atoms. The maximum atomic E-state index is 12.3. The molecule has 0 amide bonds. The Morgan fingerprint density at radius 2 is 1.78 bits per heavy atom. The average molecular weight is 245 g/mol. The van der Waals surface area contributed by atoms with Crippen LogP contribution in [-0.2, 0) is 12.1 Å². The van der Waals surface area contributed by atoms with Gasteiger partial charge in [-0.15, -0.1) is 5.10 Å². The Bertz CT molecular complexity index is 588. The monoisotopic (exact) mass is 245 g/mol. The van der Waals surface area contributed by atoms with E-state index in [0.717, 1.165) is 11.4 Å². The van der Waals surface area contributed by atoms with Crippen molar-refractivity contribution in [1.29, 1.82) is 0 Å². The van der Waals surface area contributed by atoms with Crippen LogP contribution in [0, 0.1) is 0 Å². The molecular formula is C14H19N3O. The number of nitrogens with zero attached hydrogens (tertiary/aromatic N) is 3. The third-order valence-electron chi connectivity index (χ3n) is 2.85. The van der Waals surface area contributed by atoms with Crippen LogP contribution in [0.1, 0.15) is 27.7 Å². The number of hydrogen-bond donors (Lipinski definition) is 0. The lowest BCUT2D eigenvalue weighted by Gasteiger charge is -2.16. The molecule has 4 nitrogen and oxygen atoms in total. The molecule has 1 aromatic carbocycles. The van der Waals surface area contributed by atoms with Crippen LogP contribution in [0.15, 0.2) is 35.1 Å². The lowest BCUT2D eigenvalue weighted by molar-refractivity contribution is 0.341. The Morgan fingerprint density at radius 1 is 1.17 bits per heavy atom. The molecule has 0 aliphatic carbocycles. The van der Waals surface area contributed by atoms with Crippen LogP contribution < -0.4 is 5.69 Å². The summed E-state index contributed by atoms with van der Waals surface area (Å²) in [6.07, 6.45) is 0. The smallest absolute Gasteiger partial charge is 0.275 e. The van der Waals surface area contributed by atoms with Crippen molar-refractivity contribution in [2.45, 2.75) is 39.8 Å². The molecule has 0 N–H and O–H groups in total. The summed E-state index contributed by atoms with van der Waals surface area (Å²) in [5.74, 6) is 0.734. The van der Waals surface area contributed by atoms with Gasteiger partial charge in [0.05, 0.1) is 5.54 Å². The first kappa shape index (κ1) is 12.6. The Kier molecular flexibility index (Phi) is 3.11. The minimum Gasteiger partial charge on any atom is -0.275 e. The molecule has 4 heteroatoms. The first-order valence-electron chi connectivity index (χ1n) is 6.21. The van der Waals surface area contributed by atoms with E-state index in [1.54, 1.807) is 9.25 Å². The van der Waals surface area contributed by atoms with E-state index in [0.29, 0.717) is 6.54 Å². The molecule has 1 aromatic heterocycles. The van der Waals surface area contributed by atoms with Crippen molar-refractivity contribution < 1.29 is 0 Å². The molecule has 96 valence electrons. The quantitative estimate of drug-likeness (QED) is 0.815. The fourth-order valence-corrected chi connectivity index (χ4v) is 1.92. The van der Waals surface area contributed by atoms with E-state index in [1.165, 1.54) is 0 Å². The van der Waals surface area contributed by atoms with Crippen molar-refractivity contribution in [2.24, 2.45) is 0 Å². The molecule has 0 atom stereocenters. The number of rotatable bonds is 2. The van der Waals surface area contributed by atoms with Gasteiger partial charge in [0.25, 0.3) is 0 Å². The maximum absolute atomic E-state index is 12.3. The normalized spacial score (nSPS) is 11.8. The second kappa shape index (κ2) is 4.44. The highest BCUT2D eigenvalue weighted by Gasteiger charge is 2.22. The predicted octanol–water partition coefficient (Wildman–Crippen LogP) is 2.49. The highest BCUT2D eigenvalue weighted by molar-refractivity contribution is 5.54. The van der Waals surface area contributed by atoms with Crippen molar-refractivity contribution in [1.82, 2.24) is 14.3 Å². The summed E-state index contributed by atoms with van der Waals surface area (Å²) in [6, 6.07) is 9.81. The van der Waals surface area contributed by atoms with Crippen LogP contribution in [0.4, 0.5) is 0 Å². The van der Waals surface area contributed by atoms with Crippen molar-refractivity contribution in [3.8, 4) is 11.4 Å². The van der Waals surface area contributed by atoms with E-state index in [9.17, 15) is 4.79 Å². The minimum absolute atomic E-state index is 0.0520. The SMILES string of the molecule is CCn1c(-c2ccccc2)nn(C(C)(C)C)c1=O. The minimum atomic E-state index is -0.305. The standard InChI is InChI=1S/C14H19N3O/c1-5-16-12(11-9-7-6-8-10-11)15-17(13(16)18)14(2,3)4/h6-10H,5H2,1-4H3. The molecule has 0 aliphatic rings. The van der Waals surface area contributed by atoms with Crippen molar-refractivity contribution >= 4 is 0 Å². The fourth-order valence-electron chi connectivity index (χ4n) is 1.92. The van der Waals surface area contributed by atoms with Gasteiger partial charge in [0.2, 0.25) is 0 Å². The van der Waals surface area contributed by atoms with Gasteiger partial charge in [0.15, 0.2) is 5.82 Å². The van der Waals surface area contributed by atoms with Crippen LogP contribution in [0.3, 0.4) is 0 Å². The second-order valence-corrected chi connectivity index (χ2v) is 5.30. The van der Waals surface area contributed by atoms with E-state index in [4.69, 9.17) is 0 Å². The van der Waals surface area contributed by atoms with Gasteiger partial charge in [-0.2, -0.15) is 0 Å². The van der Waals surface area contributed by atoms with Crippen molar-refractivity contribution in [3.63, 3.8) is 0 Å². The number of benzene rings is 1. The fraction of sp³-hybridized carbons (Fsp3) is 0.429. The molecule has 0 saturated heterocycles. The Labute approximate surface area is 107 Å². The highest BCUT2D eigenvalue weighted by Crippen LogP contribution is 2.17. The first-order chi connectivity index (χ1) is 8.45. The van der Waals surface area contributed by atoms with Crippen molar-refractivity contribution in [2.75, 3.05) is 0 Å². The van der Waals surface area contributed by atoms with Gasteiger partial charge >= 0.3 is 5.69 Å². The van der Waals surface area contributed by atoms with E-state index in [2.05, 4.69) is 5.10 Å². The highest BCUT2D eigenvalue weighted by atomic mass is 16.2. The first-order valence-corrected chi connectivity index (χ1v) is 6.21. The summed E-state index contributed by atoms with van der Waals surface area (Å²) in [4.78, 5) is 12.3. The zero-order valence-corrected chi connectivity index (χ0v) is 11.3. The predicted molar refractivity (Wildman–Crippen MR) is 72.6 cm³/mol. The van der Waals surface area contributed by atoms with Crippen LogP contribution in [0.2, 0.25) is 0 Å². The second-order valence-electron chi connectivity index (χ2n) is 5.30. The van der Waals surface area contributed by atoms with Crippen LogP contribution in [0.25, 0.3) is 11.4 Å². The van der Waals surface area contributed by atoms with Crippen LogP contribution >= 0.6 is 0 Å². The molecule has 0 fully saturated rings. The van der Waals surface area contributed by atoms with Gasteiger partial charge in [0.1, 0.15) is 0 Å². The Balaban J connectivity index is 2.67. The van der Waals surface area contributed by atoms with Crippen molar-refractivity contribution in [3.05, 3.63) is 40.8 Å². The van der Waals surface area contributed by atoms with Crippen LogP contribution in [0.5, 0.6) is 0 Å². The summed E-state index contributed by atoms with van der Waals surface area (Å²) in [7, 11) is 0. The van der Waals surface area contributed by atoms with E-state index in [-0.39, 0.29) is 11.2 Å². The van der Waals surface area contributed by atoms with Gasteiger partial charge in [-0.25, -0.2) is 9.48 Å². The topological polar surface area (TPSA) is 39.8 Å². The molecule has 2 rings (SSSR count). The molecule has 0 radical (unpaired) electrons. The molecule has 0 saturated carbocycles. The molecule has 18 heavy (non-hydrogen) atoms. The summed E-state index contributed by atoms with van der Waals surface area (Å²) >= 11 is 0. The van der Waals surface area contributed by atoms with Gasteiger partial charge in [0, 0.05) is 12.1 Å². The van der Waals surface area contributed by atoms with Gasteiger partial charge in [-0.05, 0) is 27.7 Å². The molecule has 0 unspecified atom stereocenters. The zero-order valence-electron chi connectivity index (χ0n) is 11.3. The van der Waals surface area contributed by atoms with Crippen LogP contribution in [-0.4, -0.2) is 14.3 Å². The Hall–Kier alpha value is -1.84. The molecule has 1 heterocycles. The molecule has 2 aromatic rings. The number of hydrogen-bond acceptors (Lipinski definition) is 2. The Morgan fingerprint density at radius 3 is 2.28 bits per heavy atom. The lowest BCUT2D eigenvalue weighted by atomic mass is 10.1. The molecule has 0 aliphatic heterocycles. The van der Waals surface area contributed by atoms with Gasteiger partial charge in [-0.3, -0.25) is 4.57 Å². The van der Waals surface area contributed by atoms with Gasteiger partial charge in [-0.1, -0.05) is 30.3 Å². The summed E-state index contributed by atoms with van der Waals surface area (Å²) in [5, 5.41) is 4.49. The number of aromatic nitrogens is 3. The third-order valence-corrected chi connectivity index (χ3v) is 2.85. The third kappa shape index (κ3) is 2.10. The summed E-state index contributed by atoms with van der Waals surface area (Å²) in [5.41, 5.74) is 0.615. The lowest BCUT2D eigenvalue weighted by Crippen LogP contribution is -2.35. The zero-order chi connectivity index (χ0) is 13.3.